The molecule has 27 heavy (non-hydrogen) atoms. The Morgan fingerprint density at radius 2 is 1.96 bits per heavy atom. The Labute approximate surface area is 161 Å². The maximum absolute atomic E-state index is 12.7. The Kier molecular flexibility index (Phi) is 6.03. The first-order valence-electron chi connectivity index (χ1n) is 8.51. The van der Waals surface area contributed by atoms with Crippen LogP contribution in [0.5, 0.6) is 0 Å². The zero-order chi connectivity index (χ0) is 19.2. The molecule has 1 amide bonds. The van der Waals surface area contributed by atoms with Gasteiger partial charge in [-0.05, 0) is 30.9 Å². The molecule has 0 saturated carbocycles. The molecule has 6 nitrogen and oxygen atoms in total. The highest BCUT2D eigenvalue weighted by Crippen LogP contribution is 2.15. The molecule has 0 aliphatic heterocycles. The Balaban J connectivity index is 1.71. The second-order valence-corrected chi connectivity index (χ2v) is 7.05. The van der Waals surface area contributed by atoms with E-state index in [1.165, 1.54) is 11.3 Å². The summed E-state index contributed by atoms with van der Waals surface area (Å²) in [4.78, 5) is 25.7. The molecule has 2 aromatic heterocycles. The number of hydrogen-bond acceptors (Lipinski definition) is 6. The van der Waals surface area contributed by atoms with Crippen molar-refractivity contribution in [3.05, 3.63) is 75.3 Å². The summed E-state index contributed by atoms with van der Waals surface area (Å²) >= 11 is 1.32. The van der Waals surface area contributed by atoms with E-state index in [2.05, 4.69) is 10.5 Å². The average Bonchev–Trinajstić information content (AvgIpc) is 3.31. The zero-order valence-corrected chi connectivity index (χ0v) is 15.9. The minimum atomic E-state index is -0.789. The minimum Gasteiger partial charge on any atom is -0.459 e. The number of ether oxygens (including phenoxy) is 1. The molecule has 2 heterocycles. The van der Waals surface area contributed by atoms with Crippen molar-refractivity contribution >= 4 is 23.2 Å². The molecule has 3 aromatic rings. The van der Waals surface area contributed by atoms with E-state index in [9.17, 15) is 9.59 Å². The smallest absolute Gasteiger partial charge is 0.329 e. The van der Waals surface area contributed by atoms with Crippen LogP contribution in [0, 0.1) is 13.8 Å². The Bertz CT molecular complexity index is 884. The number of thiophene rings is 1. The van der Waals surface area contributed by atoms with Crippen molar-refractivity contribution in [3.8, 4) is 0 Å². The summed E-state index contributed by atoms with van der Waals surface area (Å²) in [5.41, 5.74) is 2.36. The van der Waals surface area contributed by atoms with Crippen LogP contribution in [0.4, 0.5) is 0 Å². The number of esters is 1. The lowest BCUT2D eigenvalue weighted by Gasteiger charge is -2.17. The van der Waals surface area contributed by atoms with E-state index in [0.717, 1.165) is 11.1 Å². The van der Waals surface area contributed by atoms with Crippen molar-refractivity contribution in [2.75, 3.05) is 0 Å². The van der Waals surface area contributed by atoms with Gasteiger partial charge in [0.05, 0.1) is 16.1 Å². The second-order valence-electron chi connectivity index (χ2n) is 6.10. The van der Waals surface area contributed by atoms with Crippen molar-refractivity contribution < 1.29 is 18.8 Å². The highest BCUT2D eigenvalue weighted by atomic mass is 32.1. The third kappa shape index (κ3) is 4.83. The van der Waals surface area contributed by atoms with Gasteiger partial charge < -0.3 is 14.6 Å². The van der Waals surface area contributed by atoms with Crippen molar-refractivity contribution in [2.24, 2.45) is 0 Å². The third-order valence-electron chi connectivity index (χ3n) is 4.16. The molecule has 7 heteroatoms. The number of hydrogen-bond donors (Lipinski definition) is 1. The predicted octanol–water partition coefficient (Wildman–Crippen LogP) is 3.44. The molecule has 3 rings (SSSR count). The van der Waals surface area contributed by atoms with Crippen molar-refractivity contribution in [3.63, 3.8) is 0 Å². The number of nitrogens with one attached hydrogen (secondary N) is 1. The van der Waals surface area contributed by atoms with Gasteiger partial charge in [0.15, 0.2) is 0 Å². The van der Waals surface area contributed by atoms with E-state index in [-0.39, 0.29) is 12.5 Å². The number of rotatable bonds is 7. The number of amides is 1. The first-order valence-corrected chi connectivity index (χ1v) is 9.39. The summed E-state index contributed by atoms with van der Waals surface area (Å²) in [6.07, 6.45) is 0.346. The third-order valence-corrected chi connectivity index (χ3v) is 5.03. The van der Waals surface area contributed by atoms with Crippen molar-refractivity contribution in [1.29, 1.82) is 0 Å². The normalized spacial score (nSPS) is 11.8. The largest absolute Gasteiger partial charge is 0.459 e. The standard InChI is InChI=1S/C20H20N2O4S/c1-13-16(14(2)26-22-13)12-25-20(24)17(11-15-7-4-3-5-8-15)21-19(23)18-9-6-10-27-18/h3-10,17H,11-12H2,1-2H3,(H,21,23). The fraction of sp³-hybridized carbons (Fsp3) is 0.250. The maximum atomic E-state index is 12.7. The van der Waals surface area contributed by atoms with E-state index < -0.39 is 12.0 Å². The Morgan fingerprint density at radius 3 is 2.59 bits per heavy atom. The van der Waals surface area contributed by atoms with Crippen LogP contribution in [0.2, 0.25) is 0 Å². The van der Waals surface area contributed by atoms with Crippen LogP contribution in [0.3, 0.4) is 0 Å². The van der Waals surface area contributed by atoms with Crippen LogP contribution in [-0.4, -0.2) is 23.1 Å². The van der Waals surface area contributed by atoms with Crippen LogP contribution < -0.4 is 5.32 Å². The number of carbonyl (C=O) groups excluding carboxylic acids is 2. The van der Waals surface area contributed by atoms with Gasteiger partial charge in [-0.15, -0.1) is 11.3 Å². The highest BCUT2D eigenvalue weighted by Gasteiger charge is 2.24. The molecule has 1 N–H and O–H groups in total. The van der Waals surface area contributed by atoms with E-state index >= 15 is 0 Å². The first-order chi connectivity index (χ1) is 13.0. The van der Waals surface area contributed by atoms with Gasteiger partial charge in [0.25, 0.3) is 5.91 Å². The summed E-state index contributed by atoms with van der Waals surface area (Å²) in [5, 5.41) is 8.46. The van der Waals surface area contributed by atoms with Crippen molar-refractivity contribution in [1.82, 2.24) is 10.5 Å². The van der Waals surface area contributed by atoms with E-state index in [4.69, 9.17) is 9.26 Å². The monoisotopic (exact) mass is 384 g/mol. The molecule has 1 atom stereocenters. The average molecular weight is 384 g/mol. The van der Waals surface area contributed by atoms with Gasteiger partial charge in [-0.2, -0.15) is 0 Å². The highest BCUT2D eigenvalue weighted by molar-refractivity contribution is 7.12. The van der Waals surface area contributed by atoms with Gasteiger partial charge in [0, 0.05) is 6.42 Å². The van der Waals surface area contributed by atoms with Gasteiger partial charge in [0.2, 0.25) is 0 Å². The van der Waals surface area contributed by atoms with E-state index in [1.807, 2.05) is 35.7 Å². The zero-order valence-electron chi connectivity index (χ0n) is 15.1. The number of carbonyl (C=O) groups is 2. The molecule has 0 bridgehead atoms. The lowest BCUT2D eigenvalue weighted by Crippen LogP contribution is -2.43. The quantitative estimate of drug-likeness (QED) is 0.631. The van der Waals surface area contributed by atoms with Crippen LogP contribution in [0.1, 0.15) is 32.3 Å². The second kappa shape index (κ2) is 8.64. The van der Waals surface area contributed by atoms with Gasteiger partial charge in [-0.1, -0.05) is 41.6 Å². The summed E-state index contributed by atoms with van der Waals surface area (Å²) in [6, 6.07) is 12.2. The van der Waals surface area contributed by atoms with Crippen molar-refractivity contribution in [2.45, 2.75) is 32.9 Å². The molecule has 0 fully saturated rings. The minimum absolute atomic E-state index is 0.0557. The fourth-order valence-corrected chi connectivity index (χ4v) is 3.26. The molecule has 0 saturated heterocycles. The Hall–Kier alpha value is -2.93. The van der Waals surface area contributed by atoms with Crippen LogP contribution >= 0.6 is 11.3 Å². The Morgan fingerprint density at radius 1 is 1.19 bits per heavy atom. The predicted molar refractivity (Wildman–Crippen MR) is 101 cm³/mol. The van der Waals surface area contributed by atoms with Crippen LogP contribution in [0.15, 0.2) is 52.4 Å². The molecular weight excluding hydrogens is 364 g/mol. The lowest BCUT2D eigenvalue weighted by atomic mass is 10.1. The summed E-state index contributed by atoms with van der Waals surface area (Å²) in [5.74, 6) is -0.175. The molecule has 0 radical (unpaired) electrons. The molecule has 0 aliphatic carbocycles. The van der Waals surface area contributed by atoms with Gasteiger partial charge >= 0.3 is 5.97 Å². The van der Waals surface area contributed by atoms with Gasteiger partial charge in [0.1, 0.15) is 18.4 Å². The number of nitrogens with zero attached hydrogens (tertiary/aromatic N) is 1. The molecule has 0 aliphatic rings. The molecule has 1 aromatic carbocycles. The first kappa shape index (κ1) is 18.8. The fourth-order valence-electron chi connectivity index (χ4n) is 2.63. The maximum Gasteiger partial charge on any atom is 0.329 e. The summed E-state index contributed by atoms with van der Waals surface area (Å²) in [7, 11) is 0. The van der Waals surface area contributed by atoms with Crippen LogP contribution in [-0.2, 0) is 22.6 Å². The van der Waals surface area contributed by atoms with Gasteiger partial charge in [-0.25, -0.2) is 4.79 Å². The van der Waals surface area contributed by atoms with E-state index in [1.54, 1.807) is 26.0 Å². The summed E-state index contributed by atoms with van der Waals surface area (Å²) in [6.45, 7) is 3.61. The SMILES string of the molecule is Cc1noc(C)c1COC(=O)C(Cc1ccccc1)NC(=O)c1cccs1. The topological polar surface area (TPSA) is 81.4 Å². The summed E-state index contributed by atoms with van der Waals surface area (Å²) < 4.78 is 10.5. The number of aromatic nitrogens is 1. The van der Waals surface area contributed by atoms with E-state index in [0.29, 0.717) is 22.8 Å². The number of benzene rings is 1. The molecular formula is C20H20N2O4S. The molecule has 1 unspecified atom stereocenters. The molecule has 140 valence electrons. The lowest BCUT2D eigenvalue weighted by molar-refractivity contribution is -0.147. The van der Waals surface area contributed by atoms with Gasteiger partial charge in [-0.3, -0.25) is 4.79 Å². The molecule has 0 spiro atoms. The van der Waals surface area contributed by atoms with Crippen LogP contribution in [0.25, 0.3) is 0 Å². The number of aryl methyl sites for hydroxylation is 2.